The Morgan fingerprint density at radius 2 is 1.75 bits per heavy atom. The van der Waals surface area contributed by atoms with Gasteiger partial charge in [-0.1, -0.05) is 24.3 Å². The lowest BCUT2D eigenvalue weighted by molar-refractivity contribution is 0.413. The molecule has 0 fully saturated rings. The van der Waals surface area contributed by atoms with Gasteiger partial charge in [-0.05, 0) is 40.9 Å². The largest absolute Gasteiger partial charge is 0.306 e. The number of aromatic nitrogens is 4. The predicted octanol–water partition coefficient (Wildman–Crippen LogP) is 3.84. The molecule has 1 aromatic carbocycles. The highest BCUT2D eigenvalue weighted by Crippen LogP contribution is 2.21. The summed E-state index contributed by atoms with van der Waals surface area (Å²) < 4.78 is 2.94. The van der Waals surface area contributed by atoms with E-state index in [0.29, 0.717) is 6.04 Å². The lowest BCUT2D eigenvalue weighted by Gasteiger charge is -2.20. The molecule has 1 N–H and O–H groups in total. The third-order valence-electron chi connectivity index (χ3n) is 3.90. The van der Waals surface area contributed by atoms with Crippen LogP contribution >= 0.6 is 15.9 Å². The SMILES string of the molecule is C[C@H](N[C@@H](C)Cn1cc(Br)cn1)c1ccc(-c2cncnc2)cc1. The van der Waals surface area contributed by atoms with Gasteiger partial charge in [-0.3, -0.25) is 4.68 Å². The van der Waals surface area contributed by atoms with Crippen LogP contribution in [0.15, 0.2) is 59.9 Å². The smallest absolute Gasteiger partial charge is 0.115 e. The quantitative estimate of drug-likeness (QED) is 0.700. The minimum Gasteiger partial charge on any atom is -0.306 e. The van der Waals surface area contributed by atoms with Gasteiger partial charge in [0.05, 0.1) is 17.2 Å². The summed E-state index contributed by atoms with van der Waals surface area (Å²) in [5, 5.41) is 7.91. The second-order valence-corrected chi connectivity index (χ2v) is 6.83. The van der Waals surface area contributed by atoms with E-state index in [9.17, 15) is 0 Å². The highest BCUT2D eigenvalue weighted by atomic mass is 79.9. The zero-order valence-corrected chi connectivity index (χ0v) is 15.3. The number of hydrogen-bond acceptors (Lipinski definition) is 4. The summed E-state index contributed by atoms with van der Waals surface area (Å²) in [4.78, 5) is 8.13. The standard InChI is InChI=1S/C18H20BrN5/c1-13(10-24-11-18(19)9-22-24)23-14(2)15-3-5-16(6-4-15)17-7-20-12-21-8-17/h3-9,11-14,23H,10H2,1-2H3/t13-,14-/m0/s1. The van der Waals surface area contributed by atoms with E-state index < -0.39 is 0 Å². The first-order valence-electron chi connectivity index (χ1n) is 7.91. The van der Waals surface area contributed by atoms with Crippen LogP contribution in [0.2, 0.25) is 0 Å². The van der Waals surface area contributed by atoms with Crippen LogP contribution in [-0.2, 0) is 6.54 Å². The predicted molar refractivity (Wildman–Crippen MR) is 98.4 cm³/mol. The first kappa shape index (κ1) is 16.8. The molecule has 0 saturated carbocycles. The number of nitrogens with one attached hydrogen (secondary N) is 1. The van der Waals surface area contributed by atoms with Gasteiger partial charge in [0.25, 0.3) is 0 Å². The molecular weight excluding hydrogens is 366 g/mol. The Bertz CT molecular complexity index is 770. The van der Waals surface area contributed by atoms with Crippen LogP contribution in [0.4, 0.5) is 0 Å². The zero-order chi connectivity index (χ0) is 16.9. The monoisotopic (exact) mass is 385 g/mol. The van der Waals surface area contributed by atoms with Crippen LogP contribution in [0.3, 0.4) is 0 Å². The summed E-state index contributed by atoms with van der Waals surface area (Å²) in [5.74, 6) is 0. The summed E-state index contributed by atoms with van der Waals surface area (Å²) in [6, 6.07) is 9.10. The summed E-state index contributed by atoms with van der Waals surface area (Å²) >= 11 is 3.42. The highest BCUT2D eigenvalue weighted by molar-refractivity contribution is 9.10. The van der Waals surface area contributed by atoms with Gasteiger partial charge in [0, 0.05) is 36.2 Å². The van der Waals surface area contributed by atoms with Crippen LogP contribution in [-0.4, -0.2) is 25.8 Å². The molecule has 2 aromatic heterocycles. The Hall–Kier alpha value is -2.05. The molecule has 0 bridgehead atoms. The van der Waals surface area contributed by atoms with E-state index in [1.165, 1.54) is 5.56 Å². The first-order chi connectivity index (χ1) is 11.6. The van der Waals surface area contributed by atoms with Crippen LogP contribution in [0.1, 0.15) is 25.5 Å². The second kappa shape index (κ2) is 7.68. The molecule has 0 spiro atoms. The normalized spacial score (nSPS) is 13.6. The topological polar surface area (TPSA) is 55.6 Å². The molecule has 0 amide bonds. The van der Waals surface area contributed by atoms with Crippen LogP contribution in [0.5, 0.6) is 0 Å². The van der Waals surface area contributed by atoms with E-state index in [1.807, 2.05) is 29.5 Å². The Balaban J connectivity index is 1.61. The van der Waals surface area contributed by atoms with Crippen LogP contribution in [0.25, 0.3) is 11.1 Å². The fourth-order valence-corrected chi connectivity index (χ4v) is 3.03. The van der Waals surface area contributed by atoms with Gasteiger partial charge in [-0.25, -0.2) is 9.97 Å². The first-order valence-corrected chi connectivity index (χ1v) is 8.70. The van der Waals surface area contributed by atoms with Crippen LogP contribution < -0.4 is 5.32 Å². The zero-order valence-electron chi connectivity index (χ0n) is 13.7. The number of halogens is 1. The van der Waals surface area contributed by atoms with E-state index in [1.54, 1.807) is 6.33 Å². The van der Waals surface area contributed by atoms with E-state index >= 15 is 0 Å². The van der Waals surface area contributed by atoms with Gasteiger partial charge in [-0.2, -0.15) is 5.10 Å². The molecule has 24 heavy (non-hydrogen) atoms. The van der Waals surface area contributed by atoms with Crippen molar-refractivity contribution >= 4 is 15.9 Å². The number of hydrogen-bond donors (Lipinski definition) is 1. The summed E-state index contributed by atoms with van der Waals surface area (Å²) in [5.41, 5.74) is 3.41. The molecule has 2 heterocycles. The molecule has 0 aliphatic carbocycles. The van der Waals surface area contributed by atoms with Gasteiger partial charge in [0.2, 0.25) is 0 Å². The fourth-order valence-electron chi connectivity index (χ4n) is 2.71. The van der Waals surface area contributed by atoms with Crippen molar-refractivity contribution in [2.24, 2.45) is 0 Å². The highest BCUT2D eigenvalue weighted by Gasteiger charge is 2.11. The number of benzene rings is 1. The molecule has 0 saturated heterocycles. The van der Waals surface area contributed by atoms with Gasteiger partial charge in [0.15, 0.2) is 0 Å². The molecule has 2 atom stereocenters. The number of nitrogens with zero attached hydrogens (tertiary/aromatic N) is 4. The van der Waals surface area contributed by atoms with Crippen molar-refractivity contribution in [1.29, 1.82) is 0 Å². The van der Waals surface area contributed by atoms with Crippen molar-refractivity contribution in [3.8, 4) is 11.1 Å². The van der Waals surface area contributed by atoms with Crippen molar-refractivity contribution in [1.82, 2.24) is 25.1 Å². The molecule has 0 aliphatic rings. The Labute approximate surface area is 150 Å². The van der Waals surface area contributed by atoms with Crippen molar-refractivity contribution in [2.75, 3.05) is 0 Å². The summed E-state index contributed by atoms with van der Waals surface area (Å²) in [6.07, 6.45) is 8.99. The van der Waals surface area contributed by atoms with Crippen LogP contribution in [0, 0.1) is 0 Å². The molecule has 0 aliphatic heterocycles. The van der Waals surface area contributed by atoms with Crippen molar-refractivity contribution in [2.45, 2.75) is 32.5 Å². The third kappa shape index (κ3) is 4.27. The maximum absolute atomic E-state index is 4.30. The molecule has 6 heteroatoms. The van der Waals surface area contributed by atoms with E-state index in [2.05, 4.69) is 74.4 Å². The maximum Gasteiger partial charge on any atom is 0.115 e. The molecular formula is C18H20BrN5. The average molecular weight is 386 g/mol. The summed E-state index contributed by atoms with van der Waals surface area (Å²) in [7, 11) is 0. The lowest BCUT2D eigenvalue weighted by Crippen LogP contribution is -2.32. The number of rotatable bonds is 6. The molecule has 5 nitrogen and oxygen atoms in total. The van der Waals surface area contributed by atoms with Gasteiger partial charge in [0.1, 0.15) is 6.33 Å². The third-order valence-corrected chi connectivity index (χ3v) is 4.31. The van der Waals surface area contributed by atoms with E-state index in [0.717, 1.165) is 22.1 Å². The molecule has 3 rings (SSSR count). The van der Waals surface area contributed by atoms with E-state index in [4.69, 9.17) is 0 Å². The minimum atomic E-state index is 0.264. The van der Waals surface area contributed by atoms with Crippen molar-refractivity contribution in [3.05, 3.63) is 65.4 Å². The van der Waals surface area contributed by atoms with E-state index in [-0.39, 0.29) is 6.04 Å². The average Bonchev–Trinajstić information content (AvgIpc) is 3.00. The lowest BCUT2D eigenvalue weighted by atomic mass is 10.0. The Morgan fingerprint density at radius 1 is 1.04 bits per heavy atom. The van der Waals surface area contributed by atoms with Gasteiger partial charge >= 0.3 is 0 Å². The van der Waals surface area contributed by atoms with Gasteiger partial charge in [-0.15, -0.1) is 0 Å². The summed E-state index contributed by atoms with van der Waals surface area (Å²) in [6.45, 7) is 5.17. The van der Waals surface area contributed by atoms with Crippen molar-refractivity contribution < 1.29 is 0 Å². The van der Waals surface area contributed by atoms with Crippen molar-refractivity contribution in [3.63, 3.8) is 0 Å². The Morgan fingerprint density at radius 3 is 2.38 bits per heavy atom. The molecule has 124 valence electrons. The second-order valence-electron chi connectivity index (χ2n) is 5.92. The molecule has 0 unspecified atom stereocenters. The Kier molecular flexibility index (Phi) is 5.37. The minimum absolute atomic E-state index is 0.264. The molecule has 3 aromatic rings. The molecule has 0 radical (unpaired) electrons. The van der Waals surface area contributed by atoms with Gasteiger partial charge < -0.3 is 5.32 Å². The maximum atomic E-state index is 4.30. The fraction of sp³-hybridized carbons (Fsp3) is 0.278.